The molecular weight excluding hydrogens is 200 g/mol. The molecule has 86 valence electrons. The standard InChI is InChI=1S/C9H10N4.C3H8/c1-7-3-4-8(10-5-7)9-12-11-6-13(9)2;1-3-2/h3-6H,1-2H3;3H2,1-2H3. The Labute approximate surface area is 96.4 Å². The maximum atomic E-state index is 4.26. The first-order valence-corrected chi connectivity index (χ1v) is 5.46. The molecule has 2 aromatic rings. The summed E-state index contributed by atoms with van der Waals surface area (Å²) in [6.45, 7) is 6.26. The molecule has 0 N–H and O–H groups in total. The van der Waals surface area contributed by atoms with E-state index in [1.54, 1.807) is 6.33 Å². The third-order valence-electron chi connectivity index (χ3n) is 1.85. The Balaban J connectivity index is 0.000000386. The maximum absolute atomic E-state index is 4.26. The van der Waals surface area contributed by atoms with E-state index < -0.39 is 0 Å². The van der Waals surface area contributed by atoms with Crippen molar-refractivity contribution in [2.24, 2.45) is 7.05 Å². The average Bonchev–Trinajstić information content (AvgIpc) is 2.67. The first kappa shape index (κ1) is 12.4. The van der Waals surface area contributed by atoms with Gasteiger partial charge in [0.2, 0.25) is 0 Å². The van der Waals surface area contributed by atoms with E-state index in [2.05, 4.69) is 29.0 Å². The van der Waals surface area contributed by atoms with Crippen LogP contribution in [0.5, 0.6) is 0 Å². The Morgan fingerprint density at radius 2 is 1.94 bits per heavy atom. The van der Waals surface area contributed by atoms with Gasteiger partial charge in [0.25, 0.3) is 0 Å². The van der Waals surface area contributed by atoms with Gasteiger partial charge in [-0.25, -0.2) is 0 Å². The molecule has 0 bridgehead atoms. The molecule has 0 atom stereocenters. The van der Waals surface area contributed by atoms with Gasteiger partial charge in [0.15, 0.2) is 5.82 Å². The van der Waals surface area contributed by atoms with Crippen LogP contribution in [0.4, 0.5) is 0 Å². The molecule has 0 amide bonds. The first-order valence-electron chi connectivity index (χ1n) is 5.46. The van der Waals surface area contributed by atoms with Crippen molar-refractivity contribution in [3.63, 3.8) is 0 Å². The maximum Gasteiger partial charge on any atom is 0.182 e. The van der Waals surface area contributed by atoms with Gasteiger partial charge in [-0.1, -0.05) is 26.3 Å². The smallest absolute Gasteiger partial charge is 0.182 e. The molecule has 0 saturated heterocycles. The van der Waals surface area contributed by atoms with E-state index in [4.69, 9.17) is 0 Å². The minimum Gasteiger partial charge on any atom is -0.315 e. The van der Waals surface area contributed by atoms with Crippen LogP contribution in [0.25, 0.3) is 11.5 Å². The van der Waals surface area contributed by atoms with Crippen LogP contribution in [0.2, 0.25) is 0 Å². The summed E-state index contributed by atoms with van der Waals surface area (Å²) in [6.07, 6.45) is 4.74. The van der Waals surface area contributed by atoms with Crippen LogP contribution in [0.15, 0.2) is 24.7 Å². The van der Waals surface area contributed by atoms with E-state index in [-0.39, 0.29) is 0 Å². The predicted octanol–water partition coefficient (Wildman–Crippen LogP) is 2.60. The highest BCUT2D eigenvalue weighted by atomic mass is 15.3. The SMILES string of the molecule is CCC.Cc1ccc(-c2nncn2C)nc1. The normalized spacial score (nSPS) is 9.50. The highest BCUT2D eigenvalue weighted by Crippen LogP contribution is 2.11. The van der Waals surface area contributed by atoms with Crippen LogP contribution < -0.4 is 0 Å². The number of aryl methyl sites for hydroxylation is 2. The quantitative estimate of drug-likeness (QED) is 0.739. The summed E-state index contributed by atoms with van der Waals surface area (Å²) in [5.41, 5.74) is 2.00. The Hall–Kier alpha value is -1.71. The summed E-state index contributed by atoms with van der Waals surface area (Å²) in [7, 11) is 1.90. The second kappa shape index (κ2) is 6.00. The van der Waals surface area contributed by atoms with Gasteiger partial charge in [-0.15, -0.1) is 10.2 Å². The van der Waals surface area contributed by atoms with Gasteiger partial charge in [0.1, 0.15) is 12.0 Å². The molecular formula is C12H18N4. The zero-order valence-corrected chi connectivity index (χ0v) is 10.3. The lowest BCUT2D eigenvalue weighted by Gasteiger charge is -1.98. The third kappa shape index (κ3) is 3.15. The number of hydrogen-bond acceptors (Lipinski definition) is 3. The molecule has 0 spiro atoms. The molecule has 2 heterocycles. The number of pyridine rings is 1. The first-order chi connectivity index (χ1) is 7.69. The zero-order chi connectivity index (χ0) is 12.0. The van der Waals surface area contributed by atoms with Crippen molar-refractivity contribution < 1.29 is 0 Å². The van der Waals surface area contributed by atoms with Crippen molar-refractivity contribution in [2.45, 2.75) is 27.2 Å². The molecule has 2 aromatic heterocycles. The highest BCUT2D eigenvalue weighted by molar-refractivity contribution is 5.48. The van der Waals surface area contributed by atoms with Gasteiger partial charge >= 0.3 is 0 Å². The Morgan fingerprint density at radius 3 is 2.38 bits per heavy atom. The molecule has 0 fully saturated rings. The number of aromatic nitrogens is 4. The van der Waals surface area contributed by atoms with Crippen molar-refractivity contribution >= 4 is 0 Å². The van der Waals surface area contributed by atoms with Gasteiger partial charge in [0.05, 0.1) is 0 Å². The van der Waals surface area contributed by atoms with Gasteiger partial charge in [-0.2, -0.15) is 0 Å². The molecule has 0 radical (unpaired) electrons. The van der Waals surface area contributed by atoms with Crippen LogP contribution in [0.3, 0.4) is 0 Å². The topological polar surface area (TPSA) is 43.6 Å². The van der Waals surface area contributed by atoms with Crippen molar-refractivity contribution in [3.8, 4) is 11.5 Å². The molecule has 0 aromatic carbocycles. The summed E-state index contributed by atoms with van der Waals surface area (Å²) in [4.78, 5) is 4.26. The second-order valence-electron chi connectivity index (χ2n) is 3.69. The van der Waals surface area contributed by atoms with E-state index >= 15 is 0 Å². The average molecular weight is 218 g/mol. The molecule has 4 heteroatoms. The van der Waals surface area contributed by atoms with Gasteiger partial charge < -0.3 is 4.57 Å². The molecule has 0 aliphatic rings. The van der Waals surface area contributed by atoms with E-state index in [0.717, 1.165) is 17.1 Å². The molecule has 0 aliphatic carbocycles. The van der Waals surface area contributed by atoms with E-state index in [0.29, 0.717) is 0 Å². The third-order valence-corrected chi connectivity index (χ3v) is 1.85. The lowest BCUT2D eigenvalue weighted by Crippen LogP contribution is -1.93. The van der Waals surface area contributed by atoms with Crippen molar-refractivity contribution in [1.29, 1.82) is 0 Å². The summed E-state index contributed by atoms with van der Waals surface area (Å²) in [6, 6.07) is 3.95. The van der Waals surface area contributed by atoms with Crippen LogP contribution in [-0.2, 0) is 7.05 Å². The number of hydrogen-bond donors (Lipinski definition) is 0. The molecule has 0 saturated carbocycles. The molecule has 4 nitrogen and oxygen atoms in total. The summed E-state index contributed by atoms with van der Waals surface area (Å²) < 4.78 is 1.84. The monoisotopic (exact) mass is 218 g/mol. The fraction of sp³-hybridized carbons (Fsp3) is 0.417. The zero-order valence-electron chi connectivity index (χ0n) is 10.3. The van der Waals surface area contributed by atoms with Crippen molar-refractivity contribution in [1.82, 2.24) is 19.7 Å². The largest absolute Gasteiger partial charge is 0.315 e. The minimum absolute atomic E-state index is 0.792. The van der Waals surface area contributed by atoms with Crippen LogP contribution in [0.1, 0.15) is 25.8 Å². The fourth-order valence-electron chi connectivity index (χ4n) is 1.12. The van der Waals surface area contributed by atoms with Crippen LogP contribution in [-0.4, -0.2) is 19.7 Å². The predicted molar refractivity (Wildman–Crippen MR) is 64.9 cm³/mol. The van der Waals surface area contributed by atoms with E-state index in [1.807, 2.05) is 36.9 Å². The second-order valence-corrected chi connectivity index (χ2v) is 3.69. The number of rotatable bonds is 1. The lowest BCUT2D eigenvalue weighted by molar-refractivity contribution is 0.913. The molecule has 16 heavy (non-hydrogen) atoms. The molecule has 0 unspecified atom stereocenters. The highest BCUT2D eigenvalue weighted by Gasteiger charge is 2.04. The minimum atomic E-state index is 0.792. The summed E-state index contributed by atoms with van der Waals surface area (Å²) >= 11 is 0. The number of nitrogens with zero attached hydrogens (tertiary/aromatic N) is 4. The Bertz CT molecular complexity index is 417. The van der Waals surface area contributed by atoms with Gasteiger partial charge in [0, 0.05) is 13.2 Å². The lowest BCUT2D eigenvalue weighted by atomic mass is 10.3. The molecule has 2 rings (SSSR count). The van der Waals surface area contributed by atoms with E-state index in [1.165, 1.54) is 6.42 Å². The molecule has 0 aliphatic heterocycles. The van der Waals surface area contributed by atoms with Crippen LogP contribution >= 0.6 is 0 Å². The van der Waals surface area contributed by atoms with Crippen molar-refractivity contribution in [3.05, 3.63) is 30.2 Å². The summed E-state index contributed by atoms with van der Waals surface area (Å²) in [5, 5.41) is 7.76. The van der Waals surface area contributed by atoms with Crippen molar-refractivity contribution in [2.75, 3.05) is 0 Å². The fourth-order valence-corrected chi connectivity index (χ4v) is 1.12. The van der Waals surface area contributed by atoms with Crippen LogP contribution in [0, 0.1) is 6.92 Å². The Morgan fingerprint density at radius 1 is 1.25 bits per heavy atom. The van der Waals surface area contributed by atoms with Gasteiger partial charge in [-0.05, 0) is 18.6 Å². The summed E-state index contributed by atoms with van der Waals surface area (Å²) in [5.74, 6) is 0.792. The van der Waals surface area contributed by atoms with E-state index in [9.17, 15) is 0 Å². The Kier molecular flexibility index (Phi) is 4.64. The van der Waals surface area contributed by atoms with Gasteiger partial charge in [-0.3, -0.25) is 4.98 Å².